The smallest absolute Gasteiger partial charge is 0.232 e. The van der Waals surface area contributed by atoms with Gasteiger partial charge < -0.3 is 0 Å². The lowest BCUT2D eigenvalue weighted by atomic mass is 10.4. The number of aromatic nitrogens is 4. The van der Waals surface area contributed by atoms with E-state index in [0.717, 1.165) is 6.20 Å². The standard InChI is InChI=1S/C5H3ClN4O2S/c6-13(11,12)3-1-4-5(7-2-3)9-10-8-4/h1-2H,(H,7,8,9,10). The molecule has 0 saturated carbocycles. The minimum atomic E-state index is -3.74. The first kappa shape index (κ1) is 8.39. The number of pyridine rings is 1. The fraction of sp³-hybridized carbons (Fsp3) is 0. The molecule has 0 aromatic carbocycles. The Bertz CT molecular complexity index is 548. The number of nitrogens with zero attached hydrogens (tertiary/aromatic N) is 3. The summed E-state index contributed by atoms with van der Waals surface area (Å²) in [5.74, 6) is 0. The highest BCUT2D eigenvalue weighted by Crippen LogP contribution is 2.16. The van der Waals surface area contributed by atoms with Crippen LogP contribution in [-0.4, -0.2) is 28.8 Å². The van der Waals surface area contributed by atoms with E-state index < -0.39 is 9.05 Å². The topological polar surface area (TPSA) is 88.6 Å². The van der Waals surface area contributed by atoms with Gasteiger partial charge in [0.2, 0.25) is 5.65 Å². The van der Waals surface area contributed by atoms with Gasteiger partial charge in [-0.05, 0) is 6.07 Å². The lowest BCUT2D eigenvalue weighted by Crippen LogP contribution is -1.91. The molecule has 0 spiro atoms. The van der Waals surface area contributed by atoms with Crippen molar-refractivity contribution in [3.63, 3.8) is 0 Å². The number of fused-ring (bicyclic) bond motifs is 1. The normalized spacial score (nSPS) is 12.1. The number of rotatable bonds is 1. The van der Waals surface area contributed by atoms with Crippen LogP contribution in [0.15, 0.2) is 17.2 Å². The molecule has 0 saturated heterocycles. The summed E-state index contributed by atoms with van der Waals surface area (Å²) < 4.78 is 21.7. The van der Waals surface area contributed by atoms with Gasteiger partial charge in [-0.25, -0.2) is 13.4 Å². The first-order valence-electron chi connectivity index (χ1n) is 3.18. The summed E-state index contributed by atoms with van der Waals surface area (Å²) in [6.45, 7) is 0. The lowest BCUT2D eigenvalue weighted by molar-refractivity contribution is 0.609. The number of aromatic amines is 1. The summed E-state index contributed by atoms with van der Waals surface area (Å²) in [7, 11) is 1.36. The minimum absolute atomic E-state index is 0.0874. The minimum Gasteiger partial charge on any atom is -0.232 e. The average Bonchev–Trinajstić information content (AvgIpc) is 2.47. The maximum absolute atomic E-state index is 10.9. The van der Waals surface area contributed by atoms with Gasteiger partial charge in [0.1, 0.15) is 10.4 Å². The van der Waals surface area contributed by atoms with Crippen LogP contribution in [0.1, 0.15) is 0 Å². The quantitative estimate of drug-likeness (QED) is 0.695. The number of hydrogen-bond donors (Lipinski definition) is 1. The first-order chi connectivity index (χ1) is 6.07. The van der Waals surface area contributed by atoms with E-state index in [-0.39, 0.29) is 4.90 Å². The van der Waals surface area contributed by atoms with Crippen molar-refractivity contribution >= 4 is 30.9 Å². The average molecular weight is 219 g/mol. The third-order valence-corrected chi connectivity index (χ3v) is 2.75. The zero-order valence-electron chi connectivity index (χ0n) is 6.10. The predicted molar refractivity (Wildman–Crippen MR) is 44.7 cm³/mol. The molecule has 6 nitrogen and oxygen atoms in total. The molecular weight excluding hydrogens is 216 g/mol. The summed E-state index contributed by atoms with van der Waals surface area (Å²) in [5, 5.41) is 9.64. The van der Waals surface area contributed by atoms with Crippen molar-refractivity contribution in [1.82, 2.24) is 20.4 Å². The lowest BCUT2D eigenvalue weighted by Gasteiger charge is -1.92. The molecule has 0 aliphatic carbocycles. The molecule has 0 atom stereocenters. The van der Waals surface area contributed by atoms with Gasteiger partial charge in [0.05, 0.1) is 0 Å². The van der Waals surface area contributed by atoms with E-state index in [1.54, 1.807) is 0 Å². The number of H-pyrrole nitrogens is 1. The molecule has 2 rings (SSSR count). The van der Waals surface area contributed by atoms with Crippen LogP contribution in [0.25, 0.3) is 11.2 Å². The van der Waals surface area contributed by atoms with E-state index in [0.29, 0.717) is 11.2 Å². The van der Waals surface area contributed by atoms with Gasteiger partial charge in [-0.3, -0.25) is 0 Å². The number of nitrogens with one attached hydrogen (secondary N) is 1. The van der Waals surface area contributed by atoms with Gasteiger partial charge in [-0.15, -0.1) is 5.10 Å². The van der Waals surface area contributed by atoms with Gasteiger partial charge in [0, 0.05) is 16.9 Å². The summed E-state index contributed by atoms with van der Waals surface area (Å²) in [5.41, 5.74) is 0.714. The second-order valence-corrected chi connectivity index (χ2v) is 4.84. The Hall–Kier alpha value is -1.21. The highest BCUT2D eigenvalue weighted by atomic mass is 35.7. The van der Waals surface area contributed by atoms with E-state index in [4.69, 9.17) is 10.7 Å². The van der Waals surface area contributed by atoms with Gasteiger partial charge in [0.25, 0.3) is 9.05 Å². The molecule has 13 heavy (non-hydrogen) atoms. The fourth-order valence-corrected chi connectivity index (χ4v) is 1.54. The van der Waals surface area contributed by atoms with E-state index in [9.17, 15) is 8.42 Å². The molecule has 0 amide bonds. The SMILES string of the molecule is O=S(=O)(Cl)c1cnc2n[nH]nc2c1. The zero-order chi connectivity index (χ0) is 9.47. The monoisotopic (exact) mass is 218 g/mol. The van der Waals surface area contributed by atoms with Crippen LogP contribution < -0.4 is 0 Å². The van der Waals surface area contributed by atoms with E-state index >= 15 is 0 Å². The molecule has 0 aliphatic heterocycles. The van der Waals surface area contributed by atoms with Crippen LogP contribution in [0.3, 0.4) is 0 Å². The molecule has 2 heterocycles. The molecule has 2 aromatic rings. The molecule has 0 unspecified atom stereocenters. The maximum Gasteiger partial charge on any atom is 0.262 e. The van der Waals surface area contributed by atoms with Crippen LogP contribution in [0.2, 0.25) is 0 Å². The second-order valence-electron chi connectivity index (χ2n) is 2.28. The maximum atomic E-state index is 10.9. The van der Waals surface area contributed by atoms with Crippen molar-refractivity contribution < 1.29 is 8.42 Å². The Morgan fingerprint density at radius 2 is 2.15 bits per heavy atom. The summed E-state index contributed by atoms with van der Waals surface area (Å²) in [6, 6.07) is 1.30. The highest BCUT2D eigenvalue weighted by molar-refractivity contribution is 8.13. The summed E-state index contributed by atoms with van der Waals surface area (Å²) >= 11 is 0. The van der Waals surface area contributed by atoms with E-state index in [1.807, 2.05) is 0 Å². The third-order valence-electron chi connectivity index (χ3n) is 1.43. The van der Waals surface area contributed by atoms with Crippen molar-refractivity contribution in [1.29, 1.82) is 0 Å². The number of halogens is 1. The van der Waals surface area contributed by atoms with Gasteiger partial charge in [0.15, 0.2) is 0 Å². The first-order valence-corrected chi connectivity index (χ1v) is 5.49. The molecule has 1 N–H and O–H groups in total. The van der Waals surface area contributed by atoms with Crippen LogP contribution in [0.4, 0.5) is 0 Å². The van der Waals surface area contributed by atoms with Crippen molar-refractivity contribution in [3.8, 4) is 0 Å². The molecule has 0 bridgehead atoms. The highest BCUT2D eigenvalue weighted by Gasteiger charge is 2.12. The Kier molecular flexibility index (Phi) is 1.70. The second kappa shape index (κ2) is 2.64. The van der Waals surface area contributed by atoms with Crippen molar-refractivity contribution in [3.05, 3.63) is 12.3 Å². The predicted octanol–water partition coefficient (Wildman–Crippen LogP) is 0.280. The van der Waals surface area contributed by atoms with Crippen LogP contribution >= 0.6 is 10.7 Å². The van der Waals surface area contributed by atoms with Crippen LogP contribution in [-0.2, 0) is 9.05 Å². The van der Waals surface area contributed by atoms with Crippen LogP contribution in [0, 0.1) is 0 Å². The molecular formula is C5H3ClN4O2S. The van der Waals surface area contributed by atoms with E-state index in [1.165, 1.54) is 6.07 Å². The fourth-order valence-electron chi connectivity index (χ4n) is 0.855. The molecule has 0 radical (unpaired) electrons. The Labute approximate surface area is 77.4 Å². The molecule has 68 valence electrons. The van der Waals surface area contributed by atoms with E-state index in [2.05, 4.69) is 20.4 Å². The van der Waals surface area contributed by atoms with Gasteiger partial charge in [-0.1, -0.05) is 0 Å². The van der Waals surface area contributed by atoms with Crippen molar-refractivity contribution in [2.75, 3.05) is 0 Å². The van der Waals surface area contributed by atoms with Crippen molar-refractivity contribution in [2.24, 2.45) is 0 Å². The third kappa shape index (κ3) is 1.47. The Morgan fingerprint density at radius 3 is 2.85 bits per heavy atom. The summed E-state index contributed by atoms with van der Waals surface area (Å²) in [6.07, 6.45) is 1.13. The molecule has 0 fully saturated rings. The largest absolute Gasteiger partial charge is 0.262 e. The summed E-state index contributed by atoms with van der Waals surface area (Å²) in [4.78, 5) is 3.65. The zero-order valence-corrected chi connectivity index (χ0v) is 7.67. The van der Waals surface area contributed by atoms with Gasteiger partial charge in [-0.2, -0.15) is 10.3 Å². The number of hydrogen-bond acceptors (Lipinski definition) is 5. The Morgan fingerprint density at radius 1 is 1.38 bits per heavy atom. The van der Waals surface area contributed by atoms with Crippen LogP contribution in [0.5, 0.6) is 0 Å². The Balaban J connectivity index is 2.75. The molecule has 0 aliphatic rings. The van der Waals surface area contributed by atoms with Crippen molar-refractivity contribution in [2.45, 2.75) is 4.90 Å². The van der Waals surface area contributed by atoms with Gasteiger partial charge >= 0.3 is 0 Å². The molecule has 2 aromatic heterocycles. The molecule has 8 heteroatoms.